The summed E-state index contributed by atoms with van der Waals surface area (Å²) >= 11 is 12.2. The van der Waals surface area contributed by atoms with Crippen LogP contribution in [0.3, 0.4) is 0 Å². The van der Waals surface area contributed by atoms with Crippen LogP contribution in [0.15, 0.2) is 36.4 Å². The zero-order valence-corrected chi connectivity index (χ0v) is 21.1. The lowest BCUT2D eigenvalue weighted by Gasteiger charge is -2.30. The molecule has 9 heteroatoms. The number of anilines is 1. The Labute approximate surface area is 215 Å². The highest BCUT2D eigenvalue weighted by Gasteiger charge is 2.33. The fraction of sp³-hybridized carbons (Fsp3) is 0.500. The summed E-state index contributed by atoms with van der Waals surface area (Å²) in [5.74, 6) is 1.11. The lowest BCUT2D eigenvalue weighted by Crippen LogP contribution is -2.48. The SMILES string of the molecule is O=C(N[C@H](CN1CCCC1)[C@H](O)c1ccc2c(c1)OCCO2)[C@H]1CCN(c2ccc(Cl)c(Cl)c2)C1. The molecule has 2 N–H and O–H groups in total. The van der Waals surface area contributed by atoms with Crippen molar-refractivity contribution in [2.24, 2.45) is 5.92 Å². The highest BCUT2D eigenvalue weighted by Crippen LogP contribution is 2.34. The molecule has 0 saturated carbocycles. The molecule has 5 rings (SSSR count). The van der Waals surface area contributed by atoms with Crippen LogP contribution in [0, 0.1) is 5.92 Å². The number of carbonyl (C=O) groups is 1. The van der Waals surface area contributed by atoms with Crippen molar-refractivity contribution in [3.8, 4) is 11.5 Å². The standard InChI is InChI=1S/C26H31Cl2N3O4/c27-20-5-4-19(14-21(20)28)31-10-7-18(15-31)26(33)29-22(16-30-8-1-2-9-30)25(32)17-3-6-23-24(13-17)35-12-11-34-23/h3-6,13-14,18,22,25,32H,1-2,7-12,15-16H2,(H,29,33)/t18-,22+,25+/m0/s1. The molecule has 0 aliphatic carbocycles. The lowest BCUT2D eigenvalue weighted by atomic mass is 9.99. The molecule has 3 aliphatic rings. The molecular weight excluding hydrogens is 489 g/mol. The van der Waals surface area contributed by atoms with Gasteiger partial charge in [0, 0.05) is 25.3 Å². The normalized spacial score (nSPS) is 21.7. The predicted octanol–water partition coefficient (Wildman–Crippen LogP) is 3.91. The van der Waals surface area contributed by atoms with Crippen molar-refractivity contribution >= 4 is 34.8 Å². The van der Waals surface area contributed by atoms with Gasteiger partial charge < -0.3 is 29.7 Å². The zero-order valence-electron chi connectivity index (χ0n) is 19.6. The quantitative estimate of drug-likeness (QED) is 0.577. The number of hydrogen-bond acceptors (Lipinski definition) is 6. The van der Waals surface area contributed by atoms with E-state index in [-0.39, 0.29) is 11.8 Å². The molecule has 7 nitrogen and oxygen atoms in total. The second-order valence-electron chi connectivity index (χ2n) is 9.50. The Bertz CT molecular complexity index is 1060. The molecule has 3 aliphatic heterocycles. The van der Waals surface area contributed by atoms with E-state index in [1.807, 2.05) is 30.3 Å². The van der Waals surface area contributed by atoms with Crippen molar-refractivity contribution < 1.29 is 19.4 Å². The molecule has 0 spiro atoms. The van der Waals surface area contributed by atoms with E-state index in [1.165, 1.54) is 0 Å². The molecule has 188 valence electrons. The highest BCUT2D eigenvalue weighted by molar-refractivity contribution is 6.42. The summed E-state index contributed by atoms with van der Waals surface area (Å²) in [7, 11) is 0. The van der Waals surface area contributed by atoms with Crippen molar-refractivity contribution in [2.45, 2.75) is 31.4 Å². The maximum Gasteiger partial charge on any atom is 0.225 e. The van der Waals surface area contributed by atoms with Gasteiger partial charge in [-0.1, -0.05) is 29.3 Å². The number of nitrogens with zero attached hydrogens (tertiary/aromatic N) is 2. The van der Waals surface area contributed by atoms with Crippen molar-refractivity contribution in [1.82, 2.24) is 10.2 Å². The summed E-state index contributed by atoms with van der Waals surface area (Å²) in [6.07, 6.45) is 2.16. The van der Waals surface area contributed by atoms with E-state index < -0.39 is 12.1 Å². The molecule has 35 heavy (non-hydrogen) atoms. The summed E-state index contributed by atoms with van der Waals surface area (Å²) in [4.78, 5) is 17.8. The minimum Gasteiger partial charge on any atom is -0.486 e. The first-order valence-corrected chi connectivity index (χ1v) is 13.0. The molecule has 2 fully saturated rings. The van der Waals surface area contributed by atoms with Crippen LogP contribution < -0.4 is 19.7 Å². The summed E-state index contributed by atoms with van der Waals surface area (Å²) in [6.45, 7) is 4.92. The molecule has 3 heterocycles. The molecule has 2 aromatic carbocycles. The van der Waals surface area contributed by atoms with Crippen molar-refractivity contribution in [1.29, 1.82) is 0 Å². The van der Waals surface area contributed by atoms with Crippen LogP contribution in [0.25, 0.3) is 0 Å². The topological polar surface area (TPSA) is 74.3 Å². The zero-order chi connectivity index (χ0) is 24.4. The van der Waals surface area contributed by atoms with Crippen molar-refractivity contribution in [3.63, 3.8) is 0 Å². The monoisotopic (exact) mass is 519 g/mol. The third-order valence-electron chi connectivity index (χ3n) is 7.10. The fourth-order valence-electron chi connectivity index (χ4n) is 5.14. The fourth-order valence-corrected chi connectivity index (χ4v) is 5.43. The van der Waals surface area contributed by atoms with Crippen molar-refractivity contribution in [2.75, 3.05) is 50.8 Å². The van der Waals surface area contributed by atoms with Gasteiger partial charge in [0.2, 0.25) is 5.91 Å². The summed E-state index contributed by atoms with van der Waals surface area (Å²) in [5, 5.41) is 15.5. The number of amides is 1. The van der Waals surface area contributed by atoms with Gasteiger partial charge in [-0.25, -0.2) is 0 Å². The smallest absolute Gasteiger partial charge is 0.225 e. The highest BCUT2D eigenvalue weighted by atomic mass is 35.5. The second kappa shape index (κ2) is 10.8. The van der Waals surface area contributed by atoms with Gasteiger partial charge in [-0.15, -0.1) is 0 Å². The van der Waals surface area contributed by atoms with E-state index >= 15 is 0 Å². The Morgan fingerprint density at radius 1 is 1.03 bits per heavy atom. The second-order valence-corrected chi connectivity index (χ2v) is 10.3. The number of aliphatic hydroxyl groups is 1. The third-order valence-corrected chi connectivity index (χ3v) is 7.84. The molecule has 1 amide bonds. The number of rotatable bonds is 7. The number of aliphatic hydroxyl groups excluding tert-OH is 1. The largest absolute Gasteiger partial charge is 0.486 e. The number of ether oxygens (including phenoxy) is 2. The van der Waals surface area contributed by atoms with Gasteiger partial charge in [-0.3, -0.25) is 4.79 Å². The number of benzene rings is 2. The maximum atomic E-state index is 13.3. The van der Waals surface area contributed by atoms with E-state index in [9.17, 15) is 9.90 Å². The average molecular weight is 520 g/mol. The lowest BCUT2D eigenvalue weighted by molar-refractivity contribution is -0.126. The Morgan fingerprint density at radius 2 is 1.80 bits per heavy atom. The predicted molar refractivity (Wildman–Crippen MR) is 137 cm³/mol. The molecule has 0 radical (unpaired) electrons. The minimum atomic E-state index is -0.858. The van der Waals surface area contributed by atoms with Gasteiger partial charge in [-0.05, 0) is 68.2 Å². The minimum absolute atomic E-state index is 0.0339. The van der Waals surface area contributed by atoms with E-state index in [2.05, 4.69) is 15.1 Å². The molecule has 0 aromatic heterocycles. The average Bonchev–Trinajstić information content (AvgIpc) is 3.57. The third kappa shape index (κ3) is 5.64. The molecule has 2 saturated heterocycles. The van der Waals surface area contributed by atoms with E-state index in [1.54, 1.807) is 6.07 Å². The first kappa shape index (κ1) is 24.5. The van der Waals surface area contributed by atoms with Crippen LogP contribution >= 0.6 is 23.2 Å². The number of nitrogens with one attached hydrogen (secondary N) is 1. The Balaban J connectivity index is 1.28. The number of likely N-dealkylation sites (tertiary alicyclic amines) is 1. The summed E-state index contributed by atoms with van der Waals surface area (Å²) < 4.78 is 11.3. The van der Waals surface area contributed by atoms with Gasteiger partial charge >= 0.3 is 0 Å². The molecular formula is C26H31Cl2N3O4. The van der Waals surface area contributed by atoms with Crippen LogP contribution in [-0.2, 0) is 4.79 Å². The molecule has 2 aromatic rings. The summed E-state index contributed by atoms with van der Waals surface area (Å²) in [5.41, 5.74) is 1.67. The van der Waals surface area contributed by atoms with Crippen LogP contribution in [0.4, 0.5) is 5.69 Å². The number of carbonyl (C=O) groups excluding carboxylic acids is 1. The van der Waals surface area contributed by atoms with Gasteiger partial charge in [0.1, 0.15) is 19.3 Å². The Hall–Kier alpha value is -2.19. The first-order valence-electron chi connectivity index (χ1n) is 12.3. The van der Waals surface area contributed by atoms with Gasteiger partial charge in [-0.2, -0.15) is 0 Å². The van der Waals surface area contributed by atoms with Gasteiger partial charge in [0.05, 0.1) is 22.0 Å². The molecule has 3 atom stereocenters. The van der Waals surface area contributed by atoms with E-state index in [4.69, 9.17) is 32.7 Å². The first-order chi connectivity index (χ1) is 17.0. The van der Waals surface area contributed by atoms with Crippen LogP contribution in [0.2, 0.25) is 10.0 Å². The van der Waals surface area contributed by atoms with Crippen LogP contribution in [0.1, 0.15) is 30.9 Å². The van der Waals surface area contributed by atoms with E-state index in [0.29, 0.717) is 53.4 Å². The Morgan fingerprint density at radius 3 is 2.57 bits per heavy atom. The number of fused-ring (bicyclic) bond motifs is 1. The van der Waals surface area contributed by atoms with E-state index in [0.717, 1.165) is 44.6 Å². The van der Waals surface area contributed by atoms with Crippen LogP contribution in [-0.4, -0.2) is 67.9 Å². The van der Waals surface area contributed by atoms with Crippen molar-refractivity contribution in [3.05, 3.63) is 52.0 Å². The van der Waals surface area contributed by atoms with Crippen LogP contribution in [0.5, 0.6) is 11.5 Å². The Kier molecular flexibility index (Phi) is 7.58. The number of halogens is 2. The van der Waals surface area contributed by atoms with Gasteiger partial charge in [0.15, 0.2) is 11.5 Å². The van der Waals surface area contributed by atoms with Gasteiger partial charge in [0.25, 0.3) is 0 Å². The molecule has 0 bridgehead atoms. The maximum absolute atomic E-state index is 13.3. The summed E-state index contributed by atoms with van der Waals surface area (Å²) in [6, 6.07) is 10.6. The molecule has 0 unspecified atom stereocenters. The number of hydrogen-bond donors (Lipinski definition) is 2.